The van der Waals surface area contributed by atoms with Crippen molar-refractivity contribution in [3.05, 3.63) is 18.2 Å². The lowest BCUT2D eigenvalue weighted by Gasteiger charge is -2.35. The lowest BCUT2D eigenvalue weighted by atomic mass is 10.1. The maximum Gasteiger partial charge on any atom is 0.267 e. The second-order valence-electron chi connectivity index (χ2n) is 5.43. The van der Waals surface area contributed by atoms with E-state index in [0.29, 0.717) is 18.0 Å². The number of nitrogens with zero attached hydrogens (tertiary/aromatic N) is 2. The number of nitrogens with two attached hydrogens (primary N) is 1. The molecular formula is C15H21N3O3. The molecule has 2 aliphatic heterocycles. The molecule has 0 bridgehead atoms. The predicted molar refractivity (Wildman–Crippen MR) is 80.6 cm³/mol. The van der Waals surface area contributed by atoms with Crippen molar-refractivity contribution in [2.24, 2.45) is 0 Å². The quantitative estimate of drug-likeness (QED) is 0.831. The molecule has 21 heavy (non-hydrogen) atoms. The predicted octanol–water partition coefficient (Wildman–Crippen LogP) is 0.715. The van der Waals surface area contributed by atoms with E-state index in [9.17, 15) is 4.79 Å². The fourth-order valence-electron chi connectivity index (χ4n) is 2.72. The van der Waals surface area contributed by atoms with Gasteiger partial charge in [-0.3, -0.25) is 9.69 Å². The molecule has 1 unspecified atom stereocenters. The number of hydrogen-bond acceptors (Lipinski definition) is 5. The van der Waals surface area contributed by atoms with Crippen molar-refractivity contribution >= 4 is 17.3 Å². The number of nitrogen functional groups attached to an aromatic ring is 1. The molecule has 2 N–H and O–H groups in total. The molecule has 114 valence electrons. The van der Waals surface area contributed by atoms with Crippen molar-refractivity contribution in [2.45, 2.75) is 13.0 Å². The Morgan fingerprint density at radius 1 is 1.29 bits per heavy atom. The van der Waals surface area contributed by atoms with Crippen LogP contribution in [0.25, 0.3) is 0 Å². The molecule has 6 heteroatoms. The highest BCUT2D eigenvalue weighted by Crippen LogP contribution is 2.35. The van der Waals surface area contributed by atoms with Crippen LogP contribution in [-0.4, -0.2) is 56.3 Å². The van der Waals surface area contributed by atoms with Gasteiger partial charge in [0, 0.05) is 37.9 Å². The third-order valence-corrected chi connectivity index (χ3v) is 3.94. The van der Waals surface area contributed by atoms with E-state index in [-0.39, 0.29) is 5.91 Å². The number of rotatable bonds is 3. The summed E-state index contributed by atoms with van der Waals surface area (Å²) in [7, 11) is 0. The van der Waals surface area contributed by atoms with E-state index in [4.69, 9.17) is 15.2 Å². The SMILES string of the molecule is CC1Oc2cc(N)ccc2N(CCN2CCOCC2)C1=O. The van der Waals surface area contributed by atoms with Crippen LogP contribution in [0.4, 0.5) is 11.4 Å². The Morgan fingerprint density at radius 3 is 2.81 bits per heavy atom. The van der Waals surface area contributed by atoms with Crippen LogP contribution in [0, 0.1) is 0 Å². The highest BCUT2D eigenvalue weighted by Gasteiger charge is 2.31. The highest BCUT2D eigenvalue weighted by atomic mass is 16.5. The molecule has 0 aliphatic carbocycles. The lowest BCUT2D eigenvalue weighted by Crippen LogP contribution is -2.48. The Kier molecular flexibility index (Phi) is 3.98. The van der Waals surface area contributed by atoms with Crippen LogP contribution in [0.5, 0.6) is 5.75 Å². The van der Waals surface area contributed by atoms with Crippen LogP contribution in [0.15, 0.2) is 18.2 Å². The Hall–Kier alpha value is -1.79. The van der Waals surface area contributed by atoms with Gasteiger partial charge in [-0.1, -0.05) is 0 Å². The highest BCUT2D eigenvalue weighted by molar-refractivity contribution is 6.00. The van der Waals surface area contributed by atoms with E-state index in [1.165, 1.54) is 0 Å². The zero-order valence-corrected chi connectivity index (χ0v) is 12.2. The Bertz CT molecular complexity index is 529. The molecule has 3 rings (SSSR count). The molecule has 6 nitrogen and oxygen atoms in total. The Labute approximate surface area is 124 Å². The molecule has 2 aliphatic rings. The van der Waals surface area contributed by atoms with Gasteiger partial charge in [-0.05, 0) is 19.1 Å². The Balaban J connectivity index is 1.75. The number of hydrogen-bond donors (Lipinski definition) is 1. The first kappa shape index (κ1) is 14.2. The van der Waals surface area contributed by atoms with Gasteiger partial charge in [-0.2, -0.15) is 0 Å². The van der Waals surface area contributed by atoms with Gasteiger partial charge in [-0.25, -0.2) is 0 Å². The monoisotopic (exact) mass is 291 g/mol. The first-order valence-corrected chi connectivity index (χ1v) is 7.33. The molecule has 0 saturated carbocycles. The fraction of sp³-hybridized carbons (Fsp3) is 0.533. The van der Waals surface area contributed by atoms with Gasteiger partial charge in [0.05, 0.1) is 18.9 Å². The zero-order valence-electron chi connectivity index (χ0n) is 12.2. The molecular weight excluding hydrogens is 270 g/mol. The summed E-state index contributed by atoms with van der Waals surface area (Å²) in [5, 5.41) is 0. The van der Waals surface area contributed by atoms with Crippen molar-refractivity contribution in [3.8, 4) is 5.75 Å². The second kappa shape index (κ2) is 5.91. The summed E-state index contributed by atoms with van der Waals surface area (Å²) in [4.78, 5) is 16.5. The maximum absolute atomic E-state index is 12.4. The number of benzene rings is 1. The molecule has 1 atom stereocenters. The summed E-state index contributed by atoms with van der Waals surface area (Å²) in [6.07, 6.45) is -0.469. The van der Waals surface area contributed by atoms with Crippen LogP contribution < -0.4 is 15.4 Å². The summed E-state index contributed by atoms with van der Waals surface area (Å²) >= 11 is 0. The van der Waals surface area contributed by atoms with Crippen LogP contribution >= 0.6 is 0 Å². The number of morpholine rings is 1. The summed E-state index contributed by atoms with van der Waals surface area (Å²) < 4.78 is 11.0. The third-order valence-electron chi connectivity index (χ3n) is 3.94. The normalized spacial score (nSPS) is 22.8. The largest absolute Gasteiger partial charge is 0.479 e. The van der Waals surface area contributed by atoms with E-state index >= 15 is 0 Å². The van der Waals surface area contributed by atoms with Crippen molar-refractivity contribution < 1.29 is 14.3 Å². The van der Waals surface area contributed by atoms with E-state index in [0.717, 1.165) is 38.5 Å². The molecule has 0 radical (unpaired) electrons. The van der Waals surface area contributed by atoms with Crippen LogP contribution in [-0.2, 0) is 9.53 Å². The molecule has 1 saturated heterocycles. The summed E-state index contributed by atoms with van der Waals surface area (Å²) in [5.41, 5.74) is 7.24. The van der Waals surface area contributed by atoms with E-state index in [1.54, 1.807) is 24.0 Å². The van der Waals surface area contributed by atoms with Gasteiger partial charge < -0.3 is 20.1 Å². The van der Waals surface area contributed by atoms with E-state index in [1.807, 2.05) is 6.07 Å². The average Bonchev–Trinajstić information content (AvgIpc) is 2.49. The first-order chi connectivity index (χ1) is 10.1. The van der Waals surface area contributed by atoms with E-state index < -0.39 is 6.10 Å². The second-order valence-corrected chi connectivity index (χ2v) is 5.43. The van der Waals surface area contributed by atoms with Crippen LogP contribution in [0.3, 0.4) is 0 Å². The zero-order chi connectivity index (χ0) is 14.8. The van der Waals surface area contributed by atoms with Crippen LogP contribution in [0.1, 0.15) is 6.92 Å². The van der Waals surface area contributed by atoms with Crippen molar-refractivity contribution in [2.75, 3.05) is 50.0 Å². The van der Waals surface area contributed by atoms with Gasteiger partial charge in [0.15, 0.2) is 6.10 Å². The van der Waals surface area contributed by atoms with Gasteiger partial charge in [0.2, 0.25) is 0 Å². The molecule has 1 amide bonds. The van der Waals surface area contributed by atoms with Crippen molar-refractivity contribution in [3.63, 3.8) is 0 Å². The molecule has 2 heterocycles. The number of ether oxygens (including phenoxy) is 2. The van der Waals surface area contributed by atoms with Crippen molar-refractivity contribution in [1.82, 2.24) is 4.90 Å². The Morgan fingerprint density at radius 2 is 2.05 bits per heavy atom. The molecule has 1 aromatic rings. The molecule has 1 aromatic carbocycles. The van der Waals surface area contributed by atoms with Crippen LogP contribution in [0.2, 0.25) is 0 Å². The van der Waals surface area contributed by atoms with Gasteiger partial charge in [0.25, 0.3) is 5.91 Å². The van der Waals surface area contributed by atoms with Gasteiger partial charge in [-0.15, -0.1) is 0 Å². The minimum Gasteiger partial charge on any atom is -0.479 e. The lowest BCUT2D eigenvalue weighted by molar-refractivity contribution is -0.125. The minimum absolute atomic E-state index is 0.000492. The summed E-state index contributed by atoms with van der Waals surface area (Å²) in [6.45, 7) is 6.64. The van der Waals surface area contributed by atoms with Gasteiger partial charge in [0.1, 0.15) is 5.75 Å². The van der Waals surface area contributed by atoms with Gasteiger partial charge >= 0.3 is 0 Å². The topological polar surface area (TPSA) is 68.0 Å². The minimum atomic E-state index is -0.469. The number of amides is 1. The van der Waals surface area contributed by atoms with E-state index in [2.05, 4.69) is 4.90 Å². The number of carbonyl (C=O) groups excluding carboxylic acids is 1. The number of carbonyl (C=O) groups is 1. The summed E-state index contributed by atoms with van der Waals surface area (Å²) in [6, 6.07) is 5.43. The van der Waals surface area contributed by atoms with Crippen molar-refractivity contribution in [1.29, 1.82) is 0 Å². The fourth-order valence-corrected chi connectivity index (χ4v) is 2.72. The average molecular weight is 291 g/mol. The number of anilines is 2. The third kappa shape index (κ3) is 2.96. The standard InChI is InChI=1S/C15H21N3O3/c1-11-15(19)18(5-4-17-6-8-20-9-7-17)13-3-2-12(16)10-14(13)21-11/h2-3,10-11H,4-9,16H2,1H3. The smallest absolute Gasteiger partial charge is 0.267 e. The first-order valence-electron chi connectivity index (χ1n) is 7.33. The molecule has 0 aromatic heterocycles. The number of fused-ring (bicyclic) bond motifs is 1. The maximum atomic E-state index is 12.4. The summed E-state index contributed by atoms with van der Waals surface area (Å²) in [5.74, 6) is 0.685. The molecule has 1 fully saturated rings. The molecule has 0 spiro atoms.